The average Bonchev–Trinajstić information content (AvgIpc) is 3.10. The molecule has 1 unspecified atom stereocenters. The van der Waals surface area contributed by atoms with E-state index < -0.39 is 0 Å². The van der Waals surface area contributed by atoms with Gasteiger partial charge in [-0.2, -0.15) is 0 Å². The van der Waals surface area contributed by atoms with Crippen LogP contribution in [-0.2, 0) is 6.54 Å². The van der Waals surface area contributed by atoms with Crippen molar-refractivity contribution in [1.29, 1.82) is 0 Å². The summed E-state index contributed by atoms with van der Waals surface area (Å²) >= 11 is 0. The third-order valence-electron chi connectivity index (χ3n) is 3.09. The van der Waals surface area contributed by atoms with E-state index in [1.165, 1.54) is 0 Å². The Morgan fingerprint density at radius 2 is 2.16 bits per heavy atom. The van der Waals surface area contributed by atoms with Crippen LogP contribution in [0, 0.1) is 0 Å². The number of aliphatic hydroxyl groups is 1. The molecule has 19 heavy (non-hydrogen) atoms. The molecule has 1 aromatic carbocycles. The summed E-state index contributed by atoms with van der Waals surface area (Å²) in [6.45, 7) is 0.798. The summed E-state index contributed by atoms with van der Waals surface area (Å²) in [7, 11) is 0. The Labute approximate surface area is 110 Å². The lowest BCUT2D eigenvalue weighted by atomic mass is 10.1. The van der Waals surface area contributed by atoms with E-state index in [1.807, 2.05) is 24.3 Å². The SMILES string of the molecule is OCC(NCc1cccc2c1OCO2)c1ccco1. The maximum Gasteiger partial charge on any atom is 0.231 e. The summed E-state index contributed by atoms with van der Waals surface area (Å²) in [5.74, 6) is 2.25. The van der Waals surface area contributed by atoms with E-state index in [1.54, 1.807) is 12.3 Å². The minimum Gasteiger partial charge on any atom is -0.468 e. The first-order chi connectivity index (χ1) is 9.38. The smallest absolute Gasteiger partial charge is 0.231 e. The number of nitrogens with one attached hydrogen (secondary N) is 1. The summed E-state index contributed by atoms with van der Waals surface area (Å²) in [4.78, 5) is 0. The lowest BCUT2D eigenvalue weighted by molar-refractivity contribution is 0.172. The second kappa shape index (κ2) is 5.34. The quantitative estimate of drug-likeness (QED) is 0.859. The number of ether oxygens (including phenoxy) is 2. The molecule has 0 amide bonds. The Morgan fingerprint density at radius 1 is 1.21 bits per heavy atom. The predicted octanol–water partition coefficient (Wildman–Crippen LogP) is 1.83. The van der Waals surface area contributed by atoms with Crippen LogP contribution in [0.3, 0.4) is 0 Å². The van der Waals surface area contributed by atoms with Crippen molar-refractivity contribution < 1.29 is 19.0 Å². The molecule has 5 nitrogen and oxygen atoms in total. The number of benzene rings is 1. The van der Waals surface area contributed by atoms with Gasteiger partial charge in [0.2, 0.25) is 6.79 Å². The predicted molar refractivity (Wildman–Crippen MR) is 67.9 cm³/mol. The van der Waals surface area contributed by atoms with Gasteiger partial charge in [-0.05, 0) is 18.2 Å². The maximum atomic E-state index is 9.39. The molecule has 2 N–H and O–H groups in total. The number of para-hydroxylation sites is 1. The molecule has 0 bridgehead atoms. The van der Waals surface area contributed by atoms with Crippen LogP contribution in [0.15, 0.2) is 41.0 Å². The molecule has 2 heterocycles. The van der Waals surface area contributed by atoms with Crippen molar-refractivity contribution >= 4 is 0 Å². The highest BCUT2D eigenvalue weighted by atomic mass is 16.7. The maximum absolute atomic E-state index is 9.39. The second-order valence-corrected chi connectivity index (χ2v) is 4.28. The van der Waals surface area contributed by atoms with Crippen LogP contribution in [0.4, 0.5) is 0 Å². The second-order valence-electron chi connectivity index (χ2n) is 4.28. The standard InChI is InChI=1S/C14H15NO4/c16-8-11(12-5-2-6-17-12)15-7-10-3-1-4-13-14(10)19-9-18-13/h1-6,11,15-16H,7-9H2. The molecule has 1 aromatic heterocycles. The van der Waals surface area contributed by atoms with Crippen molar-refractivity contribution in [1.82, 2.24) is 5.32 Å². The Hall–Kier alpha value is -1.98. The van der Waals surface area contributed by atoms with E-state index in [0.29, 0.717) is 12.3 Å². The Bertz CT molecular complexity index is 538. The fraction of sp³-hybridized carbons (Fsp3) is 0.286. The molecule has 2 aromatic rings. The molecule has 0 fully saturated rings. The van der Waals surface area contributed by atoms with Gasteiger partial charge in [0.25, 0.3) is 0 Å². The van der Waals surface area contributed by atoms with Gasteiger partial charge in [0.15, 0.2) is 11.5 Å². The van der Waals surface area contributed by atoms with E-state index >= 15 is 0 Å². The number of aliphatic hydroxyl groups excluding tert-OH is 1. The van der Waals surface area contributed by atoms with Gasteiger partial charge in [0.1, 0.15) is 5.76 Å². The van der Waals surface area contributed by atoms with Crippen molar-refractivity contribution in [3.8, 4) is 11.5 Å². The van der Waals surface area contributed by atoms with Gasteiger partial charge in [-0.3, -0.25) is 0 Å². The molecule has 3 rings (SSSR count). The molecule has 1 atom stereocenters. The van der Waals surface area contributed by atoms with E-state index in [4.69, 9.17) is 13.9 Å². The van der Waals surface area contributed by atoms with Crippen LogP contribution in [-0.4, -0.2) is 18.5 Å². The number of fused-ring (bicyclic) bond motifs is 1. The van der Waals surface area contributed by atoms with Crippen LogP contribution in [0.25, 0.3) is 0 Å². The van der Waals surface area contributed by atoms with Crippen LogP contribution in [0.5, 0.6) is 11.5 Å². The van der Waals surface area contributed by atoms with Gasteiger partial charge >= 0.3 is 0 Å². The zero-order valence-corrected chi connectivity index (χ0v) is 10.3. The fourth-order valence-corrected chi connectivity index (χ4v) is 2.11. The lowest BCUT2D eigenvalue weighted by Crippen LogP contribution is -2.23. The van der Waals surface area contributed by atoms with Gasteiger partial charge in [0, 0.05) is 12.1 Å². The third-order valence-corrected chi connectivity index (χ3v) is 3.09. The fourth-order valence-electron chi connectivity index (χ4n) is 2.11. The molecule has 1 aliphatic rings. The van der Waals surface area contributed by atoms with E-state index in [0.717, 1.165) is 17.1 Å². The zero-order valence-electron chi connectivity index (χ0n) is 10.3. The minimum absolute atomic E-state index is 0.0279. The summed E-state index contributed by atoms with van der Waals surface area (Å²) in [6, 6.07) is 9.18. The normalized spacial score (nSPS) is 14.6. The van der Waals surface area contributed by atoms with Crippen molar-refractivity contribution in [3.05, 3.63) is 47.9 Å². The van der Waals surface area contributed by atoms with E-state index in [-0.39, 0.29) is 19.4 Å². The van der Waals surface area contributed by atoms with Crippen molar-refractivity contribution in [3.63, 3.8) is 0 Å². The minimum atomic E-state index is -0.229. The van der Waals surface area contributed by atoms with Gasteiger partial charge in [0.05, 0.1) is 18.9 Å². The summed E-state index contributed by atoms with van der Waals surface area (Å²) in [5, 5.41) is 12.6. The molecule has 1 aliphatic heterocycles. The molecule has 0 spiro atoms. The van der Waals surface area contributed by atoms with Crippen molar-refractivity contribution in [2.24, 2.45) is 0 Å². The molecule has 0 aliphatic carbocycles. The molecular formula is C14H15NO4. The molecule has 5 heteroatoms. The topological polar surface area (TPSA) is 63.9 Å². The average molecular weight is 261 g/mol. The van der Waals surface area contributed by atoms with Crippen molar-refractivity contribution in [2.45, 2.75) is 12.6 Å². The zero-order chi connectivity index (χ0) is 13.1. The van der Waals surface area contributed by atoms with Crippen LogP contribution in [0.2, 0.25) is 0 Å². The number of furan rings is 1. The largest absolute Gasteiger partial charge is 0.468 e. The summed E-state index contributed by atoms with van der Waals surface area (Å²) in [5.41, 5.74) is 1.00. The van der Waals surface area contributed by atoms with Gasteiger partial charge in [-0.1, -0.05) is 12.1 Å². The Balaban J connectivity index is 1.71. The number of hydrogen-bond acceptors (Lipinski definition) is 5. The monoisotopic (exact) mass is 261 g/mol. The summed E-state index contributed by atoms with van der Waals surface area (Å²) < 4.78 is 16.1. The van der Waals surface area contributed by atoms with Crippen LogP contribution >= 0.6 is 0 Å². The first-order valence-electron chi connectivity index (χ1n) is 6.13. The van der Waals surface area contributed by atoms with Crippen LogP contribution in [0.1, 0.15) is 17.4 Å². The third kappa shape index (κ3) is 2.43. The Kier molecular flexibility index (Phi) is 3.39. The van der Waals surface area contributed by atoms with E-state index in [9.17, 15) is 5.11 Å². The van der Waals surface area contributed by atoms with E-state index in [2.05, 4.69) is 5.32 Å². The van der Waals surface area contributed by atoms with Gasteiger partial charge < -0.3 is 24.3 Å². The van der Waals surface area contributed by atoms with Crippen LogP contribution < -0.4 is 14.8 Å². The first kappa shape index (κ1) is 12.1. The van der Waals surface area contributed by atoms with Crippen molar-refractivity contribution in [2.75, 3.05) is 13.4 Å². The molecule has 0 saturated carbocycles. The number of hydrogen-bond donors (Lipinski definition) is 2. The first-order valence-corrected chi connectivity index (χ1v) is 6.13. The van der Waals surface area contributed by atoms with Gasteiger partial charge in [-0.25, -0.2) is 0 Å². The number of rotatable bonds is 5. The summed E-state index contributed by atoms with van der Waals surface area (Å²) in [6.07, 6.45) is 1.59. The molecule has 0 radical (unpaired) electrons. The highest BCUT2D eigenvalue weighted by Crippen LogP contribution is 2.35. The Morgan fingerprint density at radius 3 is 2.95 bits per heavy atom. The molecular weight excluding hydrogens is 246 g/mol. The molecule has 0 saturated heterocycles. The highest BCUT2D eigenvalue weighted by Gasteiger charge is 2.18. The molecule has 100 valence electrons. The lowest BCUT2D eigenvalue weighted by Gasteiger charge is -2.14. The highest BCUT2D eigenvalue weighted by molar-refractivity contribution is 5.48. The van der Waals surface area contributed by atoms with Gasteiger partial charge in [-0.15, -0.1) is 0 Å².